The summed E-state index contributed by atoms with van der Waals surface area (Å²) < 4.78 is 23.3. The molecule has 23 heteroatoms. The number of alkyl halides is 1. The first-order valence-electron chi connectivity index (χ1n) is 37.4. The molecule has 12 rings (SSSR count). The summed E-state index contributed by atoms with van der Waals surface area (Å²) in [5.41, 5.74) is 34.3. The van der Waals surface area contributed by atoms with Crippen molar-refractivity contribution in [3.8, 4) is 50.6 Å². The van der Waals surface area contributed by atoms with E-state index in [9.17, 15) is 29.1 Å². The lowest BCUT2D eigenvalue weighted by Crippen LogP contribution is -2.48. The molecule has 9 aromatic rings. The third-order valence-electron chi connectivity index (χ3n) is 18.7. The van der Waals surface area contributed by atoms with Gasteiger partial charge in [0.15, 0.2) is 34.7 Å². The van der Waals surface area contributed by atoms with Gasteiger partial charge in [-0.1, -0.05) is 165 Å². The third-order valence-corrected chi connectivity index (χ3v) is 19.2. The van der Waals surface area contributed by atoms with Crippen molar-refractivity contribution < 1.29 is 48.0 Å². The van der Waals surface area contributed by atoms with Gasteiger partial charge in [0, 0.05) is 91.0 Å². The summed E-state index contributed by atoms with van der Waals surface area (Å²) in [6.45, 7) is 50.3. The monoisotopic (exact) mass is 1610 g/mol. The Morgan fingerprint density at radius 2 is 0.774 bits per heavy atom. The lowest BCUT2D eigenvalue weighted by molar-refractivity contribution is 0.0298. The molecular weight excluding hydrogens is 1510 g/mol. The van der Waals surface area contributed by atoms with E-state index < -0.39 is 23.4 Å². The smallest absolute Gasteiger partial charge is 0.419 e. The van der Waals surface area contributed by atoms with Crippen molar-refractivity contribution >= 4 is 63.3 Å². The lowest BCUT2D eigenvalue weighted by Gasteiger charge is -2.38. The van der Waals surface area contributed by atoms with Crippen LogP contribution < -0.4 is 32.0 Å². The van der Waals surface area contributed by atoms with E-state index in [1.807, 2.05) is 119 Å². The molecule has 3 aliphatic rings. The van der Waals surface area contributed by atoms with Crippen LogP contribution in [-0.2, 0) is 9.47 Å². The number of anilines is 3. The number of hydrogen-bond acceptors (Lipinski definition) is 17. The van der Waals surface area contributed by atoms with Crippen LogP contribution in [0.2, 0.25) is 0 Å². The van der Waals surface area contributed by atoms with Crippen LogP contribution in [-0.4, -0.2) is 125 Å². The molecule has 3 unspecified atom stereocenters. The molecule has 0 aliphatic carbocycles. The van der Waals surface area contributed by atoms with E-state index in [4.69, 9.17) is 36.1 Å². The van der Waals surface area contributed by atoms with Crippen LogP contribution in [0.5, 0.6) is 17.2 Å². The van der Waals surface area contributed by atoms with Crippen LogP contribution in [0, 0.1) is 27.7 Å². The number of nitrogens with two attached hydrogens (primary N) is 3. The standard InChI is InChI=1S/C33H38N4O4.C27H28N4O2.C23H26N4O4.C9H11Br/c1-20-11-9-10-12-27(20)24(5)40-29-16-26(17-35-30(29)34)25-13-14-28(21(2)15-25)31(38)36-18-22(3)37(23(4)19-36)32(39)41-33(6,7)8;1-17-7-5-6-8-24(17)20(4)33-25-13-23(14-29-26(25)28)21-9-11-22(12-10-21)27(32)31-15-18(2)30-19(3)16-31;1-14-12-26(13-15(2)27(14)22(30)31-23(3,4)5)21(29)17-8-6-16(7-9-17)18-10-19(28)20(24)25-11-18;1-7-5-3-4-6-9(7)8(2)10/h9-17,24H,3-4,18-19H2,1-2,5-8H3,(H2,34,35);5-14,20,30H,2-3,15-16H2,1,4H3,(H2,28,29);6-11,28H,1-2,12-13H2,3-5H3,(H2,24,25);3-6,8H,1-2H3. The molecule has 0 spiro atoms. The fraction of sp³-hybridized carbons (Fsp3) is 0.261. The maximum absolute atomic E-state index is 13.5. The van der Waals surface area contributed by atoms with Crippen molar-refractivity contribution in [2.75, 3.05) is 56.5 Å². The van der Waals surface area contributed by atoms with Crippen molar-refractivity contribution in [1.29, 1.82) is 0 Å². The van der Waals surface area contributed by atoms with Crippen molar-refractivity contribution in [3.63, 3.8) is 0 Å². The number of carbonyl (C=O) groups excluding carboxylic acids is 5. The lowest BCUT2D eigenvalue weighted by atomic mass is 9.99. The maximum Gasteiger partial charge on any atom is 0.419 e. The number of piperazine rings is 3. The quantitative estimate of drug-likeness (QED) is 0.0670. The van der Waals surface area contributed by atoms with Gasteiger partial charge in [-0.2, -0.15) is 0 Å². The highest BCUT2D eigenvalue weighted by Gasteiger charge is 2.36. The van der Waals surface area contributed by atoms with E-state index in [0.717, 1.165) is 67.0 Å². The predicted octanol–water partition coefficient (Wildman–Crippen LogP) is 18.9. The molecular formula is C92H103BrN12O10. The first-order chi connectivity index (χ1) is 54.2. The average Bonchev–Trinajstić information content (AvgIpc) is 0.797. The number of nitrogens with zero attached hydrogens (tertiary/aromatic N) is 8. The van der Waals surface area contributed by atoms with Crippen LogP contribution in [0.4, 0.5) is 27.0 Å². The highest BCUT2D eigenvalue weighted by atomic mass is 79.9. The first-order valence-corrected chi connectivity index (χ1v) is 38.3. The Hall–Kier alpha value is -12.8. The number of nitrogens with one attached hydrogen (secondary N) is 1. The van der Waals surface area contributed by atoms with Crippen molar-refractivity contribution in [3.05, 3.63) is 306 Å². The van der Waals surface area contributed by atoms with Gasteiger partial charge in [0.05, 0.1) is 39.3 Å². The molecule has 6 heterocycles. The maximum atomic E-state index is 13.5. The average molecular weight is 1620 g/mol. The fourth-order valence-electron chi connectivity index (χ4n) is 13.0. The van der Waals surface area contributed by atoms with E-state index in [-0.39, 0.29) is 67.7 Å². The Balaban J connectivity index is 0.000000187. The molecule has 6 aromatic carbocycles. The number of benzene rings is 6. The number of amides is 5. The first kappa shape index (κ1) is 86.2. The minimum absolute atomic E-state index is 0.0570. The number of aromatic hydroxyl groups is 1. The number of halogens is 1. The Kier molecular flexibility index (Phi) is 27.9. The van der Waals surface area contributed by atoms with Crippen LogP contribution >= 0.6 is 15.9 Å². The van der Waals surface area contributed by atoms with Crippen molar-refractivity contribution in [1.82, 2.24) is 44.8 Å². The fourth-order valence-corrected chi connectivity index (χ4v) is 13.5. The predicted molar refractivity (Wildman–Crippen MR) is 459 cm³/mol. The molecule has 3 fully saturated rings. The number of hydrogen-bond donors (Lipinski definition) is 5. The highest BCUT2D eigenvalue weighted by molar-refractivity contribution is 9.09. The molecule has 3 aromatic heterocycles. The van der Waals surface area contributed by atoms with Crippen LogP contribution in [0.25, 0.3) is 33.4 Å². The molecule has 0 bridgehead atoms. The molecule has 598 valence electrons. The van der Waals surface area contributed by atoms with Crippen LogP contribution in [0.3, 0.4) is 0 Å². The second kappa shape index (κ2) is 37.3. The summed E-state index contributed by atoms with van der Waals surface area (Å²) >= 11 is 3.53. The van der Waals surface area contributed by atoms with Crippen LogP contribution in [0.1, 0.15) is 149 Å². The summed E-state index contributed by atoms with van der Waals surface area (Å²) in [5, 5.41) is 12.8. The zero-order valence-electron chi connectivity index (χ0n) is 67.8. The van der Waals surface area contributed by atoms with Crippen molar-refractivity contribution in [2.45, 2.75) is 118 Å². The van der Waals surface area contributed by atoms with Gasteiger partial charge in [-0.3, -0.25) is 24.2 Å². The summed E-state index contributed by atoms with van der Waals surface area (Å²) in [6.07, 6.45) is 3.47. The Morgan fingerprint density at radius 1 is 0.435 bits per heavy atom. The summed E-state index contributed by atoms with van der Waals surface area (Å²) in [6, 6.07) is 49.8. The van der Waals surface area contributed by atoms with Crippen molar-refractivity contribution in [2.24, 2.45) is 0 Å². The Bertz CT molecular complexity index is 5150. The van der Waals surface area contributed by atoms with E-state index in [0.29, 0.717) is 86.1 Å². The van der Waals surface area contributed by atoms with Gasteiger partial charge in [0.1, 0.15) is 23.4 Å². The number of rotatable bonds is 13. The van der Waals surface area contributed by atoms with Gasteiger partial charge in [0.2, 0.25) is 0 Å². The van der Waals surface area contributed by atoms with Gasteiger partial charge in [-0.05, 0) is 194 Å². The molecule has 3 atom stereocenters. The summed E-state index contributed by atoms with van der Waals surface area (Å²) in [7, 11) is 0. The zero-order valence-corrected chi connectivity index (χ0v) is 69.4. The Labute approximate surface area is 683 Å². The summed E-state index contributed by atoms with van der Waals surface area (Å²) in [5.74, 6) is 1.18. The second-order valence-corrected chi connectivity index (χ2v) is 31.8. The molecule has 115 heavy (non-hydrogen) atoms. The molecule has 5 amide bonds. The topological polar surface area (TPSA) is 287 Å². The largest absolute Gasteiger partial charge is 0.504 e. The number of ether oxygens (including phenoxy) is 4. The number of aromatic nitrogens is 3. The third kappa shape index (κ3) is 22.6. The molecule has 3 saturated heterocycles. The summed E-state index contributed by atoms with van der Waals surface area (Å²) in [4.78, 5) is 85.1. The highest BCUT2D eigenvalue weighted by Crippen LogP contribution is 2.37. The molecule has 8 N–H and O–H groups in total. The van der Waals surface area contributed by atoms with Gasteiger partial charge in [0.25, 0.3) is 17.7 Å². The van der Waals surface area contributed by atoms with Gasteiger partial charge >= 0.3 is 12.2 Å². The van der Waals surface area contributed by atoms with Gasteiger partial charge in [-0.15, -0.1) is 0 Å². The van der Waals surface area contributed by atoms with E-state index in [1.165, 1.54) is 27.0 Å². The minimum atomic E-state index is -0.657. The second-order valence-electron chi connectivity index (χ2n) is 30.4. The normalized spacial score (nSPS) is 14.4. The molecule has 22 nitrogen and oxygen atoms in total. The zero-order chi connectivity index (χ0) is 84.1. The van der Waals surface area contributed by atoms with E-state index >= 15 is 0 Å². The number of nitrogen functional groups attached to an aromatic ring is 3. The minimum Gasteiger partial charge on any atom is -0.504 e. The van der Waals surface area contributed by atoms with Gasteiger partial charge < -0.3 is 61.3 Å². The SMILES string of the molecule is C=C1CN(C(=O)c2ccc(-c3cnc(N)c(O)c3)cc2)CC(=C)N1C(=O)OC(C)(C)C.C=C1CN(C(=O)c2ccc(-c3cnc(N)c(OC(C)c4ccccc4C)c3)cc2)CC(=C)N1.C=C1CN(C(=O)c2ccc(-c3cnc(N)c(OC(C)c4ccccc4C)c3)cc2C)CC(=C)N1C(=O)OC(C)(C)C.Cc1ccccc1C(C)Br. The number of aryl methyl sites for hydroxylation is 4. The molecule has 3 aliphatic heterocycles. The molecule has 0 saturated carbocycles. The van der Waals surface area contributed by atoms with E-state index in [1.54, 1.807) is 105 Å². The number of pyridine rings is 3. The van der Waals surface area contributed by atoms with E-state index in [2.05, 4.69) is 127 Å². The Morgan fingerprint density at radius 3 is 1.13 bits per heavy atom. The van der Waals surface area contributed by atoms with Crippen LogP contribution in [0.15, 0.2) is 250 Å². The van der Waals surface area contributed by atoms with Gasteiger partial charge in [-0.25, -0.2) is 24.5 Å². The number of carbonyl (C=O) groups is 5. The molecule has 0 radical (unpaired) electrons.